The fourth-order valence-corrected chi connectivity index (χ4v) is 2.79. The normalized spacial score (nSPS) is 11.8. The summed E-state index contributed by atoms with van der Waals surface area (Å²) in [4.78, 5) is -0.660. The Bertz CT molecular complexity index is 550. The van der Waals surface area contributed by atoms with Gasteiger partial charge in [-0.05, 0) is 25.0 Å². The summed E-state index contributed by atoms with van der Waals surface area (Å²) in [5, 5.41) is 8.58. The average Bonchev–Trinajstić information content (AvgIpc) is 2.39. The van der Waals surface area contributed by atoms with Gasteiger partial charge in [-0.15, -0.1) is 0 Å². The van der Waals surface area contributed by atoms with Gasteiger partial charge in [-0.3, -0.25) is 0 Å². The molecule has 8 heteroatoms. The molecule has 0 aliphatic rings. The van der Waals surface area contributed by atoms with Crippen molar-refractivity contribution in [2.75, 3.05) is 18.9 Å². The third-order valence-electron chi connectivity index (χ3n) is 2.76. The van der Waals surface area contributed by atoms with E-state index in [-0.39, 0.29) is 13.2 Å². The maximum Gasteiger partial charge on any atom is 0.243 e. The van der Waals surface area contributed by atoms with E-state index >= 15 is 0 Å². The van der Waals surface area contributed by atoms with Crippen LogP contribution in [0.5, 0.6) is 0 Å². The summed E-state index contributed by atoms with van der Waals surface area (Å²) in [6.07, 6.45) is 2.76. The van der Waals surface area contributed by atoms with Crippen LogP contribution in [-0.2, 0) is 10.0 Å². The maximum absolute atomic E-state index is 13.6. The van der Waals surface area contributed by atoms with Gasteiger partial charge in [0.25, 0.3) is 0 Å². The van der Waals surface area contributed by atoms with Crippen molar-refractivity contribution in [2.45, 2.75) is 30.6 Å². The van der Waals surface area contributed by atoms with Crippen LogP contribution in [0.25, 0.3) is 0 Å². The molecule has 0 aliphatic carbocycles. The Hall–Kier alpha value is -1.25. The number of unbranched alkanes of at least 4 members (excludes halogenated alkanes) is 3. The lowest BCUT2D eigenvalue weighted by Crippen LogP contribution is -2.26. The highest BCUT2D eigenvalue weighted by Gasteiger charge is 2.21. The molecule has 1 rings (SSSR count). The van der Waals surface area contributed by atoms with Crippen molar-refractivity contribution in [3.63, 3.8) is 0 Å². The number of nitrogen functional groups attached to an aromatic ring is 1. The summed E-state index contributed by atoms with van der Waals surface area (Å²) < 4.78 is 52.5. The van der Waals surface area contributed by atoms with Crippen LogP contribution in [0.2, 0.25) is 0 Å². The minimum absolute atomic E-state index is 0.103. The molecule has 0 aromatic heterocycles. The third kappa shape index (κ3) is 4.39. The van der Waals surface area contributed by atoms with Gasteiger partial charge in [0, 0.05) is 13.2 Å². The van der Waals surface area contributed by atoms with Crippen molar-refractivity contribution in [1.82, 2.24) is 4.72 Å². The van der Waals surface area contributed by atoms with Gasteiger partial charge >= 0.3 is 0 Å². The number of halogens is 2. The predicted octanol–water partition coefficient (Wildman–Crippen LogP) is 1.38. The van der Waals surface area contributed by atoms with Gasteiger partial charge in [-0.25, -0.2) is 21.9 Å². The summed E-state index contributed by atoms with van der Waals surface area (Å²) in [5.74, 6) is -2.27. The largest absolute Gasteiger partial charge is 0.396 e. The molecule has 5 nitrogen and oxygen atoms in total. The molecule has 0 atom stereocenters. The number of rotatable bonds is 8. The molecule has 0 saturated carbocycles. The minimum atomic E-state index is -4.04. The highest BCUT2D eigenvalue weighted by molar-refractivity contribution is 7.89. The van der Waals surface area contributed by atoms with E-state index in [1.807, 2.05) is 0 Å². The molecule has 0 aliphatic heterocycles. The Morgan fingerprint density at radius 2 is 1.80 bits per heavy atom. The van der Waals surface area contributed by atoms with Crippen LogP contribution in [0.4, 0.5) is 14.5 Å². The van der Waals surface area contributed by atoms with Crippen LogP contribution in [0, 0.1) is 11.6 Å². The Balaban J connectivity index is 2.63. The first-order valence-electron chi connectivity index (χ1n) is 6.24. The molecule has 0 radical (unpaired) electrons. The van der Waals surface area contributed by atoms with E-state index in [0.29, 0.717) is 12.8 Å². The maximum atomic E-state index is 13.6. The van der Waals surface area contributed by atoms with Gasteiger partial charge in [0.1, 0.15) is 16.4 Å². The lowest BCUT2D eigenvalue weighted by Gasteiger charge is -2.09. The SMILES string of the molecule is Nc1c(F)ccc(S(=O)(=O)NCCCCCCO)c1F. The molecule has 1 aromatic rings. The average molecular weight is 308 g/mol. The number of sulfonamides is 1. The molecule has 114 valence electrons. The zero-order chi connectivity index (χ0) is 15.2. The number of hydrogen-bond donors (Lipinski definition) is 3. The van der Waals surface area contributed by atoms with Crippen molar-refractivity contribution in [2.24, 2.45) is 0 Å². The van der Waals surface area contributed by atoms with Crippen molar-refractivity contribution >= 4 is 15.7 Å². The van der Waals surface area contributed by atoms with E-state index in [1.165, 1.54) is 0 Å². The molecule has 20 heavy (non-hydrogen) atoms. The second-order valence-electron chi connectivity index (χ2n) is 4.31. The first-order valence-corrected chi connectivity index (χ1v) is 7.72. The van der Waals surface area contributed by atoms with Gasteiger partial charge in [0.05, 0.1) is 0 Å². The second-order valence-corrected chi connectivity index (χ2v) is 6.04. The first-order chi connectivity index (χ1) is 9.40. The zero-order valence-corrected chi connectivity index (χ0v) is 11.7. The standard InChI is InChI=1S/C12H18F2N2O3S/c13-9-5-6-10(11(14)12(9)15)20(18,19)16-7-3-1-2-4-8-17/h5-6,16-17H,1-4,7-8,15H2. The number of benzene rings is 1. The number of aliphatic hydroxyl groups is 1. The fraction of sp³-hybridized carbons (Fsp3) is 0.500. The monoisotopic (exact) mass is 308 g/mol. The van der Waals surface area contributed by atoms with Crippen LogP contribution in [0.1, 0.15) is 25.7 Å². The molecule has 4 N–H and O–H groups in total. The summed E-state index contributed by atoms with van der Waals surface area (Å²) in [5.41, 5.74) is 4.31. The van der Waals surface area contributed by atoms with Crippen molar-refractivity contribution in [1.29, 1.82) is 0 Å². The van der Waals surface area contributed by atoms with Crippen LogP contribution in [0.3, 0.4) is 0 Å². The van der Waals surface area contributed by atoms with Gasteiger partial charge in [-0.2, -0.15) is 0 Å². The molecule has 1 aromatic carbocycles. The second kappa shape index (κ2) is 7.51. The first kappa shape index (κ1) is 16.8. The summed E-state index contributed by atoms with van der Waals surface area (Å²) in [7, 11) is -4.04. The molecule has 0 amide bonds. The molecular weight excluding hydrogens is 290 g/mol. The molecule has 0 spiro atoms. The number of aliphatic hydroxyl groups excluding tert-OH is 1. The molecule has 0 heterocycles. The molecule has 0 unspecified atom stereocenters. The zero-order valence-electron chi connectivity index (χ0n) is 10.9. The molecular formula is C12H18F2N2O3S. The van der Waals surface area contributed by atoms with E-state index in [4.69, 9.17) is 10.8 Å². The van der Waals surface area contributed by atoms with E-state index < -0.39 is 32.2 Å². The Kier molecular flexibility index (Phi) is 6.31. The number of nitrogens with two attached hydrogens (primary N) is 1. The van der Waals surface area contributed by atoms with Crippen molar-refractivity contribution < 1.29 is 22.3 Å². The van der Waals surface area contributed by atoms with Crippen LogP contribution >= 0.6 is 0 Å². The Morgan fingerprint density at radius 1 is 1.15 bits per heavy atom. The molecule has 0 saturated heterocycles. The number of hydrogen-bond acceptors (Lipinski definition) is 4. The summed E-state index contributed by atoms with van der Waals surface area (Å²) in [6.45, 7) is 0.246. The van der Waals surface area contributed by atoms with Gasteiger partial charge < -0.3 is 10.8 Å². The molecule has 0 fully saturated rings. The number of anilines is 1. The summed E-state index contributed by atoms with van der Waals surface area (Å²) >= 11 is 0. The Morgan fingerprint density at radius 3 is 2.45 bits per heavy atom. The van der Waals surface area contributed by atoms with Crippen LogP contribution < -0.4 is 10.5 Å². The van der Waals surface area contributed by atoms with E-state index in [0.717, 1.165) is 25.0 Å². The highest BCUT2D eigenvalue weighted by atomic mass is 32.2. The van der Waals surface area contributed by atoms with Gasteiger partial charge in [0.2, 0.25) is 10.0 Å². The molecule has 0 bridgehead atoms. The van der Waals surface area contributed by atoms with Gasteiger partial charge in [-0.1, -0.05) is 12.8 Å². The predicted molar refractivity (Wildman–Crippen MR) is 71.5 cm³/mol. The highest BCUT2D eigenvalue weighted by Crippen LogP contribution is 2.22. The van der Waals surface area contributed by atoms with E-state index in [9.17, 15) is 17.2 Å². The minimum Gasteiger partial charge on any atom is -0.396 e. The Labute approximate surface area is 116 Å². The van der Waals surface area contributed by atoms with Crippen LogP contribution in [-0.4, -0.2) is 26.7 Å². The van der Waals surface area contributed by atoms with Gasteiger partial charge in [0.15, 0.2) is 5.82 Å². The van der Waals surface area contributed by atoms with Crippen LogP contribution in [0.15, 0.2) is 17.0 Å². The van der Waals surface area contributed by atoms with E-state index in [2.05, 4.69) is 4.72 Å². The quantitative estimate of drug-likeness (QED) is 0.499. The van der Waals surface area contributed by atoms with E-state index in [1.54, 1.807) is 0 Å². The summed E-state index contributed by atoms with van der Waals surface area (Å²) in [6, 6.07) is 1.66. The lowest BCUT2D eigenvalue weighted by molar-refractivity contribution is 0.282. The third-order valence-corrected chi connectivity index (χ3v) is 4.24. The smallest absolute Gasteiger partial charge is 0.243 e. The van der Waals surface area contributed by atoms with Crippen molar-refractivity contribution in [3.05, 3.63) is 23.8 Å². The number of nitrogens with one attached hydrogen (secondary N) is 1. The lowest BCUT2D eigenvalue weighted by atomic mass is 10.2. The topological polar surface area (TPSA) is 92.4 Å². The van der Waals surface area contributed by atoms with Crippen molar-refractivity contribution in [3.8, 4) is 0 Å². The fourth-order valence-electron chi connectivity index (χ4n) is 1.63.